The topological polar surface area (TPSA) is 64.1 Å². The Morgan fingerprint density at radius 3 is 2.62 bits per heavy atom. The van der Waals surface area contributed by atoms with Gasteiger partial charge in [-0.05, 0) is 31.4 Å². The number of thiazole rings is 1. The lowest BCUT2D eigenvalue weighted by Crippen LogP contribution is -2.42. The third-order valence-corrected chi connectivity index (χ3v) is 6.90. The van der Waals surface area contributed by atoms with Crippen LogP contribution in [0.25, 0.3) is 10.2 Å². The smallest absolute Gasteiger partial charge is 0.231 e. The van der Waals surface area contributed by atoms with Crippen LogP contribution in [-0.4, -0.2) is 69.4 Å². The van der Waals surface area contributed by atoms with Crippen molar-refractivity contribution >= 4 is 32.6 Å². The van der Waals surface area contributed by atoms with Gasteiger partial charge in [0.1, 0.15) is 21.7 Å². The van der Waals surface area contributed by atoms with Gasteiger partial charge in [-0.25, -0.2) is 4.98 Å². The van der Waals surface area contributed by atoms with Gasteiger partial charge in [-0.3, -0.25) is 14.6 Å². The number of carbonyl (C=O) groups is 1. The zero-order valence-corrected chi connectivity index (χ0v) is 18.0. The fourth-order valence-corrected chi connectivity index (χ4v) is 4.95. The molecule has 29 heavy (non-hydrogen) atoms. The summed E-state index contributed by atoms with van der Waals surface area (Å²) in [6, 6.07) is 3.75. The number of anilines is 1. The van der Waals surface area contributed by atoms with Crippen molar-refractivity contribution < 1.29 is 19.0 Å². The highest BCUT2D eigenvalue weighted by atomic mass is 32.1. The molecule has 2 fully saturated rings. The van der Waals surface area contributed by atoms with Crippen LogP contribution in [0.3, 0.4) is 0 Å². The standard InChI is InChI=1S/C21H29N3O4S/c1-26-16-7-8-17(27-2)19-18(16)22-21(29-19)24(20(25)15-5-3-6-15)10-4-9-23-11-13-28-14-12-23/h7-8,15H,3-6,9-14H2,1-2H3. The molecule has 0 radical (unpaired) electrons. The van der Waals surface area contributed by atoms with E-state index in [-0.39, 0.29) is 11.8 Å². The number of hydrogen-bond donors (Lipinski definition) is 0. The molecule has 8 heteroatoms. The summed E-state index contributed by atoms with van der Waals surface area (Å²) >= 11 is 1.51. The van der Waals surface area contributed by atoms with E-state index in [1.54, 1.807) is 14.2 Å². The first-order valence-corrected chi connectivity index (χ1v) is 11.2. The van der Waals surface area contributed by atoms with E-state index in [9.17, 15) is 4.79 Å². The first kappa shape index (κ1) is 20.4. The highest BCUT2D eigenvalue weighted by Gasteiger charge is 2.32. The van der Waals surface area contributed by atoms with Gasteiger partial charge in [0.2, 0.25) is 5.91 Å². The minimum absolute atomic E-state index is 0.134. The number of ether oxygens (including phenoxy) is 3. The molecule has 0 bridgehead atoms. The predicted molar refractivity (Wildman–Crippen MR) is 114 cm³/mol. The number of morpholine rings is 1. The minimum Gasteiger partial charge on any atom is -0.495 e. The molecule has 1 aliphatic carbocycles. The number of aromatic nitrogens is 1. The van der Waals surface area contributed by atoms with Crippen LogP contribution in [-0.2, 0) is 9.53 Å². The second-order valence-corrected chi connectivity index (χ2v) is 8.55. The Balaban J connectivity index is 1.57. The summed E-state index contributed by atoms with van der Waals surface area (Å²) in [5, 5.41) is 0.738. The van der Waals surface area contributed by atoms with E-state index in [1.165, 1.54) is 11.3 Å². The molecule has 4 rings (SSSR count). The van der Waals surface area contributed by atoms with E-state index in [4.69, 9.17) is 19.2 Å². The van der Waals surface area contributed by atoms with Crippen LogP contribution in [0.1, 0.15) is 25.7 Å². The summed E-state index contributed by atoms with van der Waals surface area (Å²) in [6.45, 7) is 5.16. The van der Waals surface area contributed by atoms with Crippen molar-refractivity contribution in [2.75, 3.05) is 58.5 Å². The average Bonchev–Trinajstić information content (AvgIpc) is 3.14. The quantitative estimate of drug-likeness (QED) is 0.655. The van der Waals surface area contributed by atoms with Crippen molar-refractivity contribution in [1.82, 2.24) is 9.88 Å². The molecule has 7 nitrogen and oxygen atoms in total. The number of hydrogen-bond acceptors (Lipinski definition) is 7. The fourth-order valence-electron chi connectivity index (χ4n) is 3.84. The molecule has 0 N–H and O–H groups in total. The molecule has 1 aliphatic heterocycles. The van der Waals surface area contributed by atoms with Gasteiger partial charge in [-0.1, -0.05) is 17.8 Å². The maximum atomic E-state index is 13.2. The molecule has 1 aromatic heterocycles. The van der Waals surface area contributed by atoms with Crippen LogP contribution in [0.2, 0.25) is 0 Å². The molecule has 0 spiro atoms. The van der Waals surface area contributed by atoms with E-state index in [2.05, 4.69) is 4.90 Å². The number of fused-ring (bicyclic) bond motifs is 1. The summed E-state index contributed by atoms with van der Waals surface area (Å²) < 4.78 is 17.3. The molecule has 0 unspecified atom stereocenters. The fraction of sp³-hybridized carbons (Fsp3) is 0.619. The van der Waals surface area contributed by atoms with Gasteiger partial charge in [-0.15, -0.1) is 0 Å². The molecule has 2 heterocycles. The Morgan fingerprint density at radius 2 is 1.97 bits per heavy atom. The van der Waals surface area contributed by atoms with Crippen molar-refractivity contribution in [1.29, 1.82) is 0 Å². The number of rotatable bonds is 8. The molecule has 1 amide bonds. The second-order valence-electron chi connectivity index (χ2n) is 7.57. The molecule has 2 aromatic rings. The number of nitrogens with zero attached hydrogens (tertiary/aromatic N) is 3. The summed E-state index contributed by atoms with van der Waals surface area (Å²) in [4.78, 5) is 22.3. The lowest BCUT2D eigenvalue weighted by atomic mass is 9.84. The Hall–Kier alpha value is -1.90. The number of methoxy groups -OCH3 is 2. The molecule has 158 valence electrons. The minimum atomic E-state index is 0.134. The third-order valence-electron chi connectivity index (χ3n) is 5.81. The molecular formula is C21H29N3O4S. The van der Waals surface area contributed by atoms with E-state index in [1.807, 2.05) is 17.0 Å². The lowest BCUT2D eigenvalue weighted by molar-refractivity contribution is -0.124. The van der Waals surface area contributed by atoms with Gasteiger partial charge in [0.25, 0.3) is 0 Å². The zero-order chi connectivity index (χ0) is 20.2. The Bertz CT molecular complexity index is 805. The SMILES string of the molecule is COc1ccc(OC)c2sc(N(CCCN3CCOCC3)C(=O)C3CCC3)nc12. The first-order valence-electron chi connectivity index (χ1n) is 10.3. The van der Waals surface area contributed by atoms with E-state index in [0.29, 0.717) is 12.3 Å². The van der Waals surface area contributed by atoms with Crippen molar-refractivity contribution in [3.8, 4) is 11.5 Å². The van der Waals surface area contributed by atoms with Crippen molar-refractivity contribution in [3.63, 3.8) is 0 Å². The Kier molecular flexibility index (Phi) is 6.52. The van der Waals surface area contributed by atoms with Crippen LogP contribution in [0, 0.1) is 5.92 Å². The maximum Gasteiger partial charge on any atom is 0.231 e. The second kappa shape index (κ2) is 9.28. The molecular weight excluding hydrogens is 390 g/mol. The monoisotopic (exact) mass is 419 g/mol. The van der Waals surface area contributed by atoms with E-state index in [0.717, 1.165) is 79.6 Å². The highest BCUT2D eigenvalue weighted by Crippen LogP contribution is 2.41. The predicted octanol–water partition coefficient (Wildman–Crippen LogP) is 3.17. The van der Waals surface area contributed by atoms with Crippen LogP contribution >= 0.6 is 11.3 Å². The van der Waals surface area contributed by atoms with Gasteiger partial charge in [0.15, 0.2) is 5.13 Å². The van der Waals surface area contributed by atoms with Crippen LogP contribution in [0.15, 0.2) is 12.1 Å². The lowest BCUT2D eigenvalue weighted by Gasteiger charge is -2.31. The zero-order valence-electron chi connectivity index (χ0n) is 17.2. The molecule has 2 aliphatic rings. The maximum absolute atomic E-state index is 13.2. The van der Waals surface area contributed by atoms with Gasteiger partial charge in [0.05, 0.1) is 27.4 Å². The van der Waals surface area contributed by atoms with Gasteiger partial charge < -0.3 is 14.2 Å². The van der Waals surface area contributed by atoms with Gasteiger partial charge in [0, 0.05) is 32.1 Å². The van der Waals surface area contributed by atoms with E-state index >= 15 is 0 Å². The summed E-state index contributed by atoms with van der Waals surface area (Å²) in [6.07, 6.45) is 4.02. The Morgan fingerprint density at radius 1 is 1.24 bits per heavy atom. The highest BCUT2D eigenvalue weighted by molar-refractivity contribution is 7.22. The molecule has 1 aromatic carbocycles. The number of carbonyl (C=O) groups excluding carboxylic acids is 1. The van der Waals surface area contributed by atoms with Crippen LogP contribution < -0.4 is 14.4 Å². The van der Waals surface area contributed by atoms with Gasteiger partial charge >= 0.3 is 0 Å². The van der Waals surface area contributed by atoms with Crippen molar-refractivity contribution in [2.24, 2.45) is 5.92 Å². The molecule has 0 atom stereocenters. The number of benzene rings is 1. The third kappa shape index (κ3) is 4.34. The summed E-state index contributed by atoms with van der Waals surface area (Å²) in [5.41, 5.74) is 0.756. The normalized spacial score (nSPS) is 17.9. The van der Waals surface area contributed by atoms with Crippen LogP contribution in [0.4, 0.5) is 5.13 Å². The summed E-state index contributed by atoms with van der Waals surface area (Å²) in [7, 11) is 3.29. The molecule has 1 saturated heterocycles. The van der Waals surface area contributed by atoms with Crippen molar-refractivity contribution in [3.05, 3.63) is 12.1 Å². The average molecular weight is 420 g/mol. The van der Waals surface area contributed by atoms with E-state index < -0.39 is 0 Å². The number of amides is 1. The first-order chi connectivity index (χ1) is 14.2. The molecule has 1 saturated carbocycles. The Labute approximate surface area is 175 Å². The van der Waals surface area contributed by atoms with Crippen molar-refractivity contribution in [2.45, 2.75) is 25.7 Å². The van der Waals surface area contributed by atoms with Crippen LogP contribution in [0.5, 0.6) is 11.5 Å². The largest absolute Gasteiger partial charge is 0.495 e. The summed E-state index contributed by atoms with van der Waals surface area (Å²) in [5.74, 6) is 1.80. The van der Waals surface area contributed by atoms with Gasteiger partial charge in [-0.2, -0.15) is 0 Å².